The molecule has 0 bridgehead atoms. The molecule has 1 amide bonds. The van der Waals surface area contributed by atoms with Gasteiger partial charge in [-0.2, -0.15) is 0 Å². The van der Waals surface area contributed by atoms with Crippen molar-refractivity contribution in [3.63, 3.8) is 0 Å². The van der Waals surface area contributed by atoms with E-state index in [1.54, 1.807) is 18.9 Å². The molecule has 168 valence electrons. The lowest BCUT2D eigenvalue weighted by Gasteiger charge is -2.21. The molecule has 1 heterocycles. The van der Waals surface area contributed by atoms with E-state index in [0.29, 0.717) is 17.5 Å². The van der Waals surface area contributed by atoms with E-state index in [2.05, 4.69) is 10.2 Å². The Kier molecular flexibility index (Phi) is 6.84. The van der Waals surface area contributed by atoms with Gasteiger partial charge in [0, 0.05) is 25.2 Å². The molecule has 33 heavy (non-hydrogen) atoms. The van der Waals surface area contributed by atoms with Gasteiger partial charge in [0.15, 0.2) is 11.0 Å². The van der Waals surface area contributed by atoms with Gasteiger partial charge < -0.3 is 4.90 Å². The second-order valence-electron chi connectivity index (χ2n) is 7.54. The number of benzene rings is 3. The maximum absolute atomic E-state index is 14.8. The second kappa shape index (κ2) is 9.95. The molecule has 0 saturated carbocycles. The molecule has 1 unspecified atom stereocenters. The lowest BCUT2D eigenvalue weighted by atomic mass is 10.2. The van der Waals surface area contributed by atoms with Crippen molar-refractivity contribution in [2.45, 2.75) is 23.9 Å². The molecule has 1 atom stereocenters. The molecule has 4 aromatic rings. The van der Waals surface area contributed by atoms with Crippen molar-refractivity contribution < 1.29 is 13.6 Å². The molecular weight excluding hydrogens is 442 g/mol. The minimum Gasteiger partial charge on any atom is -0.340 e. The van der Waals surface area contributed by atoms with Gasteiger partial charge in [0.1, 0.15) is 11.6 Å². The average molecular weight is 465 g/mol. The monoisotopic (exact) mass is 464 g/mol. The third kappa shape index (κ3) is 5.12. The topological polar surface area (TPSA) is 51.0 Å². The van der Waals surface area contributed by atoms with Gasteiger partial charge in [0.25, 0.3) is 0 Å². The van der Waals surface area contributed by atoms with Crippen LogP contribution in [0.15, 0.2) is 84.0 Å². The highest BCUT2D eigenvalue weighted by atomic mass is 32.2. The molecule has 0 aliphatic carbocycles. The summed E-state index contributed by atoms with van der Waals surface area (Å²) in [6, 6.07) is 22.3. The fraction of sp³-hybridized carbons (Fsp3) is 0.160. The number of carbonyl (C=O) groups is 1. The average Bonchev–Trinajstić information content (AvgIpc) is 3.23. The third-order valence-corrected chi connectivity index (χ3v) is 6.11. The Hall–Kier alpha value is -3.52. The zero-order chi connectivity index (χ0) is 23.4. The number of nitrogens with zero attached hydrogens (tertiary/aromatic N) is 4. The lowest BCUT2D eigenvalue weighted by molar-refractivity contribution is -0.129. The number of carbonyl (C=O) groups excluding carboxylic acids is 1. The predicted molar refractivity (Wildman–Crippen MR) is 125 cm³/mol. The Morgan fingerprint density at radius 2 is 1.67 bits per heavy atom. The molecule has 0 N–H and O–H groups in total. The first kappa shape index (κ1) is 22.7. The normalized spacial score (nSPS) is 11.9. The number of hydrogen-bond acceptors (Lipinski definition) is 4. The Morgan fingerprint density at radius 1 is 1.00 bits per heavy atom. The van der Waals surface area contributed by atoms with Crippen LogP contribution in [0.25, 0.3) is 17.1 Å². The molecule has 8 heteroatoms. The Morgan fingerprint density at radius 3 is 2.33 bits per heavy atom. The van der Waals surface area contributed by atoms with Crippen LogP contribution >= 0.6 is 11.8 Å². The van der Waals surface area contributed by atoms with Gasteiger partial charge in [0.2, 0.25) is 5.91 Å². The van der Waals surface area contributed by atoms with Crippen LogP contribution in [-0.2, 0) is 11.3 Å². The third-order valence-electron chi connectivity index (χ3n) is 5.08. The van der Waals surface area contributed by atoms with Crippen LogP contribution in [0.5, 0.6) is 0 Å². The Labute approximate surface area is 195 Å². The van der Waals surface area contributed by atoms with Crippen LogP contribution in [0.3, 0.4) is 0 Å². The Bertz CT molecular complexity index is 1250. The van der Waals surface area contributed by atoms with Gasteiger partial charge >= 0.3 is 0 Å². The van der Waals surface area contributed by atoms with Crippen LogP contribution < -0.4 is 0 Å². The van der Waals surface area contributed by atoms with E-state index in [0.717, 1.165) is 17.2 Å². The Balaban J connectivity index is 1.65. The first-order chi connectivity index (χ1) is 15.9. The molecule has 0 saturated heterocycles. The highest BCUT2D eigenvalue weighted by Gasteiger charge is 2.25. The summed E-state index contributed by atoms with van der Waals surface area (Å²) >= 11 is 1.18. The first-order valence-corrected chi connectivity index (χ1v) is 11.2. The summed E-state index contributed by atoms with van der Waals surface area (Å²) in [6.07, 6.45) is 0. The molecular formula is C25H22F2N4OS. The van der Waals surface area contributed by atoms with Gasteiger partial charge in [-0.15, -0.1) is 10.2 Å². The number of aromatic nitrogens is 3. The predicted octanol–water partition coefficient (Wildman–Crippen LogP) is 5.35. The number of thioether (sulfide) groups is 1. The fourth-order valence-electron chi connectivity index (χ4n) is 3.45. The number of rotatable bonds is 7. The van der Waals surface area contributed by atoms with Gasteiger partial charge in [-0.25, -0.2) is 8.78 Å². The second-order valence-corrected chi connectivity index (χ2v) is 8.85. The van der Waals surface area contributed by atoms with E-state index < -0.39 is 16.9 Å². The molecule has 0 fully saturated rings. The van der Waals surface area contributed by atoms with Crippen molar-refractivity contribution in [1.82, 2.24) is 19.7 Å². The molecule has 3 aromatic carbocycles. The minimum atomic E-state index is -0.742. The van der Waals surface area contributed by atoms with Crippen LogP contribution in [0.1, 0.15) is 12.5 Å². The van der Waals surface area contributed by atoms with Crippen molar-refractivity contribution in [2.24, 2.45) is 0 Å². The molecule has 0 radical (unpaired) electrons. The largest absolute Gasteiger partial charge is 0.340 e. The maximum Gasteiger partial charge on any atom is 0.235 e. The first-order valence-electron chi connectivity index (χ1n) is 10.4. The van der Waals surface area contributed by atoms with Crippen molar-refractivity contribution in [3.05, 3.63) is 96.1 Å². The summed E-state index contributed by atoms with van der Waals surface area (Å²) in [6.45, 7) is 2.25. The zero-order valence-corrected chi connectivity index (χ0v) is 19.0. The van der Waals surface area contributed by atoms with Gasteiger partial charge in [0.05, 0.1) is 10.9 Å². The van der Waals surface area contributed by atoms with E-state index in [1.807, 2.05) is 60.7 Å². The van der Waals surface area contributed by atoms with Crippen LogP contribution in [0, 0.1) is 11.6 Å². The summed E-state index contributed by atoms with van der Waals surface area (Å²) < 4.78 is 29.8. The van der Waals surface area contributed by atoms with E-state index in [9.17, 15) is 13.6 Å². The SMILES string of the molecule is CC(Sc1nnc(-c2ccccc2)n1-c1ccc(F)cc1F)C(=O)N(C)Cc1ccccc1. The molecule has 1 aromatic heterocycles. The van der Waals surface area contributed by atoms with Crippen molar-refractivity contribution in [2.75, 3.05) is 7.05 Å². The van der Waals surface area contributed by atoms with E-state index in [4.69, 9.17) is 0 Å². The summed E-state index contributed by atoms with van der Waals surface area (Å²) in [5, 5.41) is 8.34. The fourth-order valence-corrected chi connectivity index (χ4v) is 4.43. The standard InChI is InChI=1S/C25H22F2N4OS/c1-17(24(32)30(2)16-18-9-5-3-6-10-18)33-25-29-28-23(19-11-7-4-8-12-19)31(25)22-14-13-20(26)15-21(22)27/h3-15,17H,16H2,1-2H3. The highest BCUT2D eigenvalue weighted by Crippen LogP contribution is 2.32. The van der Waals surface area contributed by atoms with Crippen LogP contribution in [0.2, 0.25) is 0 Å². The van der Waals surface area contributed by atoms with Gasteiger partial charge in [-0.05, 0) is 24.6 Å². The lowest BCUT2D eigenvalue weighted by Crippen LogP contribution is -2.33. The zero-order valence-electron chi connectivity index (χ0n) is 18.2. The highest BCUT2D eigenvalue weighted by molar-refractivity contribution is 8.00. The number of hydrogen-bond donors (Lipinski definition) is 0. The van der Waals surface area contributed by atoms with Crippen molar-refractivity contribution in [3.8, 4) is 17.1 Å². The van der Waals surface area contributed by atoms with Crippen LogP contribution in [-0.4, -0.2) is 37.9 Å². The summed E-state index contributed by atoms with van der Waals surface area (Å²) in [7, 11) is 1.74. The van der Waals surface area contributed by atoms with Crippen LogP contribution in [0.4, 0.5) is 8.78 Å². The smallest absolute Gasteiger partial charge is 0.235 e. The molecule has 0 aliphatic heterocycles. The number of halogens is 2. The van der Waals surface area contributed by atoms with Gasteiger partial charge in [-0.1, -0.05) is 72.4 Å². The molecule has 4 rings (SSSR count). The number of amides is 1. The van der Waals surface area contributed by atoms with Crippen molar-refractivity contribution in [1.29, 1.82) is 0 Å². The van der Waals surface area contributed by atoms with Crippen molar-refractivity contribution >= 4 is 17.7 Å². The summed E-state index contributed by atoms with van der Waals surface area (Å²) in [4.78, 5) is 14.7. The van der Waals surface area contributed by atoms with E-state index in [-0.39, 0.29) is 11.6 Å². The summed E-state index contributed by atoms with van der Waals surface area (Å²) in [5.74, 6) is -1.11. The molecule has 0 spiro atoms. The quantitative estimate of drug-likeness (QED) is 0.346. The molecule has 0 aliphatic rings. The maximum atomic E-state index is 14.8. The summed E-state index contributed by atoms with van der Waals surface area (Å²) in [5.41, 5.74) is 1.86. The van der Waals surface area contributed by atoms with E-state index in [1.165, 1.54) is 28.5 Å². The minimum absolute atomic E-state index is 0.0979. The van der Waals surface area contributed by atoms with Gasteiger partial charge in [-0.3, -0.25) is 9.36 Å². The molecule has 5 nitrogen and oxygen atoms in total. The van der Waals surface area contributed by atoms with E-state index >= 15 is 0 Å².